The Kier molecular flexibility index (Phi) is 6.60. The molecule has 2 amide bonds. The minimum Gasteiger partial charge on any atom is -0.494 e. The first-order valence-electron chi connectivity index (χ1n) is 9.06. The molecule has 0 spiro atoms. The molecule has 28 heavy (non-hydrogen) atoms. The fourth-order valence-corrected chi connectivity index (χ4v) is 3.50. The Bertz CT molecular complexity index is 883. The zero-order valence-electron chi connectivity index (χ0n) is 15.8. The number of carbonyl (C=O) groups is 2. The van der Waals surface area contributed by atoms with Gasteiger partial charge in [-0.05, 0) is 56.0 Å². The first kappa shape index (κ1) is 19.8. The number of thioether (sulfide) groups is 1. The summed E-state index contributed by atoms with van der Waals surface area (Å²) in [6.07, 6.45) is 1.69. The molecule has 1 saturated heterocycles. The number of ether oxygens (including phenoxy) is 2. The number of nitrogens with one attached hydrogen (secondary N) is 1. The molecule has 1 aliphatic heterocycles. The van der Waals surface area contributed by atoms with Crippen LogP contribution in [0, 0.1) is 0 Å². The zero-order valence-corrected chi connectivity index (χ0v) is 16.6. The number of hydrogen-bond donors (Lipinski definition) is 1. The topological polar surface area (TPSA) is 67.9 Å². The standard InChI is InChI=1S/C21H22N2O4S/c1-3-26-17-11-10-15(18(13-17)27-4-2)12-19-20(24)23(21(25)28-19)14-22-16-8-6-5-7-9-16/h5-13,22H,3-4,14H2,1-2H3. The highest BCUT2D eigenvalue weighted by atomic mass is 32.2. The highest BCUT2D eigenvalue weighted by Gasteiger charge is 2.35. The van der Waals surface area contributed by atoms with Crippen LogP contribution in [0.5, 0.6) is 11.5 Å². The van der Waals surface area contributed by atoms with Crippen molar-refractivity contribution in [2.45, 2.75) is 13.8 Å². The van der Waals surface area contributed by atoms with Crippen molar-refractivity contribution in [1.29, 1.82) is 0 Å². The van der Waals surface area contributed by atoms with Gasteiger partial charge in [-0.2, -0.15) is 0 Å². The lowest BCUT2D eigenvalue weighted by Crippen LogP contribution is -2.33. The second-order valence-electron chi connectivity index (χ2n) is 5.88. The second-order valence-corrected chi connectivity index (χ2v) is 6.87. The highest BCUT2D eigenvalue weighted by molar-refractivity contribution is 8.18. The highest BCUT2D eigenvalue weighted by Crippen LogP contribution is 2.35. The van der Waals surface area contributed by atoms with E-state index in [0.717, 1.165) is 23.0 Å². The first-order valence-corrected chi connectivity index (χ1v) is 9.88. The quantitative estimate of drug-likeness (QED) is 0.656. The van der Waals surface area contributed by atoms with Crippen molar-refractivity contribution in [3.63, 3.8) is 0 Å². The van der Waals surface area contributed by atoms with Crippen LogP contribution in [0.15, 0.2) is 53.4 Å². The number of para-hydroxylation sites is 1. The molecule has 0 aromatic heterocycles. The van der Waals surface area contributed by atoms with E-state index in [1.807, 2.05) is 56.3 Å². The van der Waals surface area contributed by atoms with Crippen molar-refractivity contribution in [3.8, 4) is 11.5 Å². The molecule has 0 atom stereocenters. The maximum Gasteiger partial charge on any atom is 0.295 e. The van der Waals surface area contributed by atoms with E-state index >= 15 is 0 Å². The molecule has 0 radical (unpaired) electrons. The molecule has 1 N–H and O–H groups in total. The molecular weight excluding hydrogens is 376 g/mol. The number of hydrogen-bond acceptors (Lipinski definition) is 6. The summed E-state index contributed by atoms with van der Waals surface area (Å²) in [6, 6.07) is 14.9. The molecule has 2 aromatic carbocycles. The summed E-state index contributed by atoms with van der Waals surface area (Å²) >= 11 is 0.925. The average Bonchev–Trinajstić information content (AvgIpc) is 2.96. The molecule has 1 fully saturated rings. The Morgan fingerprint density at radius 2 is 1.79 bits per heavy atom. The number of rotatable bonds is 8. The van der Waals surface area contributed by atoms with Crippen LogP contribution >= 0.6 is 11.8 Å². The first-order chi connectivity index (χ1) is 13.6. The van der Waals surface area contributed by atoms with Gasteiger partial charge in [-0.15, -0.1) is 0 Å². The Morgan fingerprint density at radius 3 is 2.50 bits per heavy atom. The van der Waals surface area contributed by atoms with E-state index in [1.165, 1.54) is 4.90 Å². The van der Waals surface area contributed by atoms with E-state index in [0.29, 0.717) is 29.6 Å². The van der Waals surface area contributed by atoms with Crippen molar-refractivity contribution in [1.82, 2.24) is 4.90 Å². The van der Waals surface area contributed by atoms with E-state index in [1.54, 1.807) is 12.1 Å². The average molecular weight is 398 g/mol. The molecule has 0 bridgehead atoms. The van der Waals surface area contributed by atoms with Crippen LogP contribution in [0.4, 0.5) is 10.5 Å². The molecule has 2 aromatic rings. The Morgan fingerprint density at radius 1 is 1.04 bits per heavy atom. The van der Waals surface area contributed by atoms with Crippen LogP contribution in [0.25, 0.3) is 6.08 Å². The number of imide groups is 1. The van der Waals surface area contributed by atoms with E-state index in [4.69, 9.17) is 9.47 Å². The van der Waals surface area contributed by atoms with Crippen LogP contribution in [0.3, 0.4) is 0 Å². The third-order valence-electron chi connectivity index (χ3n) is 3.97. The number of anilines is 1. The number of nitrogens with zero attached hydrogens (tertiary/aromatic N) is 1. The van der Waals surface area contributed by atoms with Crippen LogP contribution in [0.2, 0.25) is 0 Å². The van der Waals surface area contributed by atoms with Crippen molar-refractivity contribution in [3.05, 3.63) is 59.0 Å². The lowest BCUT2D eigenvalue weighted by atomic mass is 10.1. The lowest BCUT2D eigenvalue weighted by molar-refractivity contribution is -0.122. The summed E-state index contributed by atoms with van der Waals surface area (Å²) in [6.45, 7) is 4.96. The van der Waals surface area contributed by atoms with E-state index < -0.39 is 0 Å². The van der Waals surface area contributed by atoms with Gasteiger partial charge in [0.2, 0.25) is 0 Å². The number of carbonyl (C=O) groups excluding carboxylic acids is 2. The van der Waals surface area contributed by atoms with Crippen molar-refractivity contribution < 1.29 is 19.1 Å². The largest absolute Gasteiger partial charge is 0.494 e. The normalized spacial score (nSPS) is 15.2. The maximum absolute atomic E-state index is 12.7. The summed E-state index contributed by atoms with van der Waals surface area (Å²) in [5, 5.41) is 2.79. The van der Waals surface area contributed by atoms with Gasteiger partial charge in [0.1, 0.15) is 11.5 Å². The van der Waals surface area contributed by atoms with Crippen LogP contribution in [-0.4, -0.2) is 35.9 Å². The monoisotopic (exact) mass is 398 g/mol. The summed E-state index contributed by atoms with van der Waals surface area (Å²) in [5.41, 5.74) is 1.57. The maximum atomic E-state index is 12.7. The lowest BCUT2D eigenvalue weighted by Gasteiger charge is -2.14. The molecule has 3 rings (SSSR count). The SMILES string of the molecule is CCOc1ccc(C=C2SC(=O)N(CNc3ccccc3)C2=O)c(OCC)c1. The molecule has 0 saturated carbocycles. The molecule has 1 aliphatic rings. The van der Waals surface area contributed by atoms with Gasteiger partial charge in [0, 0.05) is 17.3 Å². The van der Waals surface area contributed by atoms with Crippen LogP contribution < -0.4 is 14.8 Å². The molecular formula is C21H22N2O4S. The fourth-order valence-electron chi connectivity index (χ4n) is 2.67. The van der Waals surface area contributed by atoms with E-state index in [-0.39, 0.29) is 17.8 Å². The zero-order chi connectivity index (χ0) is 19.9. The fraction of sp³-hybridized carbons (Fsp3) is 0.238. The van der Waals surface area contributed by atoms with E-state index in [2.05, 4.69) is 5.32 Å². The van der Waals surface area contributed by atoms with Gasteiger partial charge in [-0.1, -0.05) is 18.2 Å². The van der Waals surface area contributed by atoms with E-state index in [9.17, 15) is 9.59 Å². The van der Waals surface area contributed by atoms with Crippen LogP contribution in [0.1, 0.15) is 19.4 Å². The Balaban J connectivity index is 1.77. The van der Waals surface area contributed by atoms with Gasteiger partial charge in [-0.3, -0.25) is 14.5 Å². The summed E-state index contributed by atoms with van der Waals surface area (Å²) in [7, 11) is 0. The Labute approximate surface area is 168 Å². The van der Waals surface area contributed by atoms with Gasteiger partial charge in [0.25, 0.3) is 11.1 Å². The van der Waals surface area contributed by atoms with Gasteiger partial charge >= 0.3 is 0 Å². The number of amides is 2. The Hall–Kier alpha value is -2.93. The second kappa shape index (κ2) is 9.32. The minimum absolute atomic E-state index is 0.119. The minimum atomic E-state index is -0.324. The van der Waals surface area contributed by atoms with Gasteiger partial charge in [0.05, 0.1) is 24.8 Å². The summed E-state index contributed by atoms with van der Waals surface area (Å²) in [5.74, 6) is 0.987. The van der Waals surface area contributed by atoms with Crippen LogP contribution in [-0.2, 0) is 4.79 Å². The third kappa shape index (κ3) is 4.67. The molecule has 1 heterocycles. The van der Waals surface area contributed by atoms with Gasteiger partial charge in [0.15, 0.2) is 0 Å². The van der Waals surface area contributed by atoms with Crippen molar-refractivity contribution in [2.75, 3.05) is 25.2 Å². The summed E-state index contributed by atoms with van der Waals surface area (Å²) in [4.78, 5) is 26.5. The predicted octanol–water partition coefficient (Wildman–Crippen LogP) is 4.59. The molecule has 0 unspecified atom stereocenters. The molecule has 0 aliphatic carbocycles. The van der Waals surface area contributed by atoms with Crippen molar-refractivity contribution in [2.24, 2.45) is 0 Å². The molecule has 6 nitrogen and oxygen atoms in total. The summed E-state index contributed by atoms with van der Waals surface area (Å²) < 4.78 is 11.2. The smallest absolute Gasteiger partial charge is 0.295 e. The van der Waals surface area contributed by atoms with Crippen molar-refractivity contribution >= 4 is 34.7 Å². The third-order valence-corrected chi connectivity index (χ3v) is 4.88. The number of benzene rings is 2. The predicted molar refractivity (Wildman–Crippen MR) is 112 cm³/mol. The molecule has 146 valence electrons. The van der Waals surface area contributed by atoms with Gasteiger partial charge < -0.3 is 14.8 Å². The van der Waals surface area contributed by atoms with Gasteiger partial charge in [-0.25, -0.2) is 0 Å². The molecule has 7 heteroatoms.